The summed E-state index contributed by atoms with van der Waals surface area (Å²) in [6.07, 6.45) is 0.918. The Bertz CT molecular complexity index is 614. The van der Waals surface area contributed by atoms with Crippen LogP contribution in [0.15, 0.2) is 23.1 Å². The van der Waals surface area contributed by atoms with Crippen LogP contribution in [0, 0.1) is 18.8 Å². The molecule has 0 aliphatic rings. The highest BCUT2D eigenvalue weighted by molar-refractivity contribution is 7.89. The minimum Gasteiger partial charge on any atom is -0.395 e. The summed E-state index contributed by atoms with van der Waals surface area (Å²) in [6.45, 7) is 2.64. The van der Waals surface area contributed by atoms with Crippen molar-refractivity contribution in [1.82, 2.24) is 4.72 Å². The van der Waals surface area contributed by atoms with E-state index in [1.165, 1.54) is 0 Å². The Balaban J connectivity index is 2.97. The van der Waals surface area contributed by atoms with Crippen LogP contribution in [0.5, 0.6) is 0 Å². The van der Waals surface area contributed by atoms with Crippen LogP contribution in [0.4, 0.5) is 0 Å². The van der Waals surface area contributed by atoms with Crippen LogP contribution < -0.4 is 4.72 Å². The number of aliphatic hydroxyl groups excluding tert-OH is 1. The lowest BCUT2D eigenvalue weighted by molar-refractivity contribution is 0.196. The molecule has 0 unspecified atom stereocenters. The van der Waals surface area contributed by atoms with Crippen LogP contribution in [-0.2, 0) is 14.8 Å². The highest BCUT2D eigenvalue weighted by Crippen LogP contribution is 2.16. The predicted molar refractivity (Wildman–Crippen MR) is 81.4 cm³/mol. The Labute approximate surface area is 126 Å². The third-order valence-electron chi connectivity index (χ3n) is 2.70. The number of hydrogen-bond donors (Lipinski definition) is 2. The minimum atomic E-state index is -3.60. The van der Waals surface area contributed by atoms with E-state index in [4.69, 9.17) is 9.84 Å². The van der Waals surface area contributed by atoms with E-state index in [0.29, 0.717) is 31.6 Å². The molecule has 2 N–H and O–H groups in total. The molecule has 0 atom stereocenters. The van der Waals surface area contributed by atoms with E-state index in [2.05, 4.69) is 16.6 Å². The zero-order chi connectivity index (χ0) is 15.7. The lowest BCUT2D eigenvalue weighted by Gasteiger charge is -2.09. The van der Waals surface area contributed by atoms with Crippen LogP contribution in [0.25, 0.3) is 0 Å². The van der Waals surface area contributed by atoms with E-state index in [1.807, 2.05) is 6.92 Å². The van der Waals surface area contributed by atoms with Crippen molar-refractivity contribution in [2.45, 2.75) is 24.7 Å². The molecular weight excluding hydrogens is 290 g/mol. The predicted octanol–water partition coefficient (Wildman–Crippen LogP) is 1.04. The van der Waals surface area contributed by atoms with Crippen molar-refractivity contribution >= 4 is 10.0 Å². The van der Waals surface area contributed by atoms with Crippen LogP contribution in [0.2, 0.25) is 0 Å². The summed E-state index contributed by atoms with van der Waals surface area (Å²) in [7, 11) is -2.02. The number of nitrogens with one attached hydrogen (secondary N) is 1. The van der Waals surface area contributed by atoms with Gasteiger partial charge in [-0.15, -0.1) is 0 Å². The number of methoxy groups -OCH3 is 1. The van der Waals surface area contributed by atoms with Gasteiger partial charge in [0.05, 0.1) is 11.5 Å². The quantitative estimate of drug-likeness (QED) is 0.583. The molecule has 1 aromatic rings. The number of sulfonamides is 1. The van der Waals surface area contributed by atoms with Crippen LogP contribution in [-0.4, -0.2) is 40.4 Å². The van der Waals surface area contributed by atoms with Gasteiger partial charge in [0.25, 0.3) is 0 Å². The fourth-order valence-corrected chi connectivity index (χ4v) is 2.91. The van der Waals surface area contributed by atoms with Gasteiger partial charge in [-0.25, -0.2) is 13.1 Å². The van der Waals surface area contributed by atoms with Crippen molar-refractivity contribution in [1.29, 1.82) is 0 Å². The molecule has 21 heavy (non-hydrogen) atoms. The highest BCUT2D eigenvalue weighted by atomic mass is 32.2. The van der Waals surface area contributed by atoms with Crippen LogP contribution in [0.3, 0.4) is 0 Å². The van der Waals surface area contributed by atoms with E-state index in [0.717, 1.165) is 5.56 Å². The summed E-state index contributed by atoms with van der Waals surface area (Å²) in [5.74, 6) is 5.56. The maximum Gasteiger partial charge on any atom is 0.241 e. The van der Waals surface area contributed by atoms with Crippen molar-refractivity contribution in [3.63, 3.8) is 0 Å². The molecule has 1 aromatic carbocycles. The van der Waals surface area contributed by atoms with Gasteiger partial charge in [-0.2, -0.15) is 0 Å². The summed E-state index contributed by atoms with van der Waals surface area (Å²) in [4.78, 5) is 0.163. The highest BCUT2D eigenvalue weighted by Gasteiger charge is 2.17. The van der Waals surface area contributed by atoms with Crippen LogP contribution >= 0.6 is 0 Å². The average molecular weight is 311 g/mol. The third kappa shape index (κ3) is 5.86. The van der Waals surface area contributed by atoms with E-state index in [1.54, 1.807) is 25.3 Å². The number of aryl methyl sites for hydroxylation is 1. The Morgan fingerprint density at radius 2 is 2.14 bits per heavy atom. The molecule has 0 amide bonds. The van der Waals surface area contributed by atoms with Crippen molar-refractivity contribution in [3.8, 4) is 11.8 Å². The topological polar surface area (TPSA) is 75.6 Å². The van der Waals surface area contributed by atoms with Crippen molar-refractivity contribution in [2.75, 3.05) is 26.9 Å². The van der Waals surface area contributed by atoms with Crippen molar-refractivity contribution in [3.05, 3.63) is 29.3 Å². The first-order valence-corrected chi connectivity index (χ1v) is 8.18. The standard InChI is InChI=1S/C15H21NO4S/c1-13-7-8-15(14(12-13)6-3-4-10-17)21(18,19)16-9-5-11-20-2/h7-8,12,16-17H,4-5,9-11H2,1-2H3. The van der Waals surface area contributed by atoms with Gasteiger partial charge in [0.15, 0.2) is 0 Å². The van der Waals surface area contributed by atoms with E-state index in [9.17, 15) is 8.42 Å². The molecule has 0 aromatic heterocycles. The van der Waals surface area contributed by atoms with Gasteiger partial charge in [0, 0.05) is 32.2 Å². The SMILES string of the molecule is COCCCNS(=O)(=O)c1ccc(C)cc1C#CCCO. The Kier molecular flexibility index (Phi) is 7.40. The first kappa shape index (κ1) is 17.7. The fourth-order valence-electron chi connectivity index (χ4n) is 1.69. The molecule has 0 fully saturated rings. The number of rotatable bonds is 7. The number of aliphatic hydroxyl groups is 1. The smallest absolute Gasteiger partial charge is 0.241 e. The molecule has 0 aliphatic heterocycles. The normalized spacial score (nSPS) is 11.0. The first-order valence-electron chi connectivity index (χ1n) is 6.70. The van der Waals surface area contributed by atoms with E-state index < -0.39 is 10.0 Å². The Morgan fingerprint density at radius 3 is 2.81 bits per heavy atom. The van der Waals surface area contributed by atoms with Gasteiger partial charge in [-0.05, 0) is 31.0 Å². The molecule has 6 heteroatoms. The Hall–Kier alpha value is -1.39. The molecule has 0 spiro atoms. The molecule has 1 rings (SSSR count). The molecule has 116 valence electrons. The second kappa shape index (κ2) is 8.80. The minimum absolute atomic E-state index is 0.0455. The maximum atomic E-state index is 12.3. The van der Waals surface area contributed by atoms with Crippen molar-refractivity contribution < 1.29 is 18.3 Å². The molecule has 0 bridgehead atoms. The van der Waals surface area contributed by atoms with Gasteiger partial charge >= 0.3 is 0 Å². The molecule has 0 heterocycles. The molecule has 5 nitrogen and oxygen atoms in total. The van der Waals surface area contributed by atoms with Crippen LogP contribution in [0.1, 0.15) is 24.0 Å². The summed E-state index contributed by atoms with van der Waals surface area (Å²) in [5.41, 5.74) is 1.38. The van der Waals surface area contributed by atoms with Gasteiger partial charge in [0.1, 0.15) is 0 Å². The lowest BCUT2D eigenvalue weighted by Crippen LogP contribution is -2.26. The number of hydrogen-bond acceptors (Lipinski definition) is 4. The van der Waals surface area contributed by atoms with Crippen molar-refractivity contribution in [2.24, 2.45) is 0 Å². The third-order valence-corrected chi connectivity index (χ3v) is 4.22. The zero-order valence-electron chi connectivity index (χ0n) is 12.3. The first-order chi connectivity index (χ1) is 10.0. The molecule has 0 saturated heterocycles. The summed E-state index contributed by atoms with van der Waals surface area (Å²) >= 11 is 0. The average Bonchev–Trinajstić information content (AvgIpc) is 2.44. The van der Waals surface area contributed by atoms with Gasteiger partial charge in [0.2, 0.25) is 10.0 Å². The summed E-state index contributed by atoms with van der Waals surface area (Å²) < 4.78 is 32.0. The second-order valence-corrected chi connectivity index (χ2v) is 6.25. The van der Waals surface area contributed by atoms with Gasteiger partial charge in [-0.3, -0.25) is 0 Å². The summed E-state index contributed by atoms with van der Waals surface area (Å²) in [5, 5.41) is 8.75. The lowest BCUT2D eigenvalue weighted by atomic mass is 10.1. The molecule has 0 saturated carbocycles. The monoisotopic (exact) mass is 311 g/mol. The maximum absolute atomic E-state index is 12.3. The second-order valence-electron chi connectivity index (χ2n) is 4.52. The largest absolute Gasteiger partial charge is 0.395 e. The number of ether oxygens (including phenoxy) is 1. The fraction of sp³-hybridized carbons (Fsp3) is 0.467. The summed E-state index contributed by atoms with van der Waals surface area (Å²) in [6, 6.07) is 5.02. The molecular formula is C15H21NO4S. The molecule has 0 radical (unpaired) electrons. The van der Waals surface area contributed by atoms with Gasteiger partial charge < -0.3 is 9.84 Å². The van der Waals surface area contributed by atoms with Gasteiger partial charge in [-0.1, -0.05) is 17.9 Å². The van der Waals surface area contributed by atoms with E-state index in [-0.39, 0.29) is 11.5 Å². The molecule has 0 aliphatic carbocycles. The Morgan fingerprint density at radius 1 is 1.38 bits per heavy atom. The van der Waals surface area contributed by atoms with E-state index >= 15 is 0 Å². The zero-order valence-corrected chi connectivity index (χ0v) is 13.2. The number of benzene rings is 1.